The summed E-state index contributed by atoms with van der Waals surface area (Å²) in [6.07, 6.45) is 3.80. The van der Waals surface area contributed by atoms with E-state index in [2.05, 4.69) is 42.0 Å². The first-order chi connectivity index (χ1) is 13.5. The van der Waals surface area contributed by atoms with E-state index in [4.69, 9.17) is 21.7 Å². The fraction of sp³-hybridized carbons (Fsp3) is 0.182. The molecule has 142 valence electrons. The van der Waals surface area contributed by atoms with Gasteiger partial charge in [0.1, 0.15) is 5.65 Å². The van der Waals surface area contributed by atoms with Crippen molar-refractivity contribution >= 4 is 17.9 Å². The van der Waals surface area contributed by atoms with Crippen molar-refractivity contribution in [1.29, 1.82) is 0 Å². The van der Waals surface area contributed by atoms with E-state index in [0.717, 1.165) is 28.0 Å². The maximum absolute atomic E-state index is 5.45. The van der Waals surface area contributed by atoms with E-state index < -0.39 is 0 Å². The number of H-pyrrole nitrogens is 1. The normalized spacial score (nSPS) is 11.0. The lowest BCUT2D eigenvalue weighted by atomic mass is 10.0. The smallest absolute Gasteiger partial charge is 0.205 e. The lowest BCUT2D eigenvalue weighted by Gasteiger charge is -2.08. The molecule has 28 heavy (non-hydrogen) atoms. The number of hydrogen-bond donors (Lipinski definition) is 1. The second kappa shape index (κ2) is 7.13. The van der Waals surface area contributed by atoms with Gasteiger partial charge in [0, 0.05) is 23.5 Å². The highest BCUT2D eigenvalue weighted by atomic mass is 32.1. The number of fused-ring (bicyclic) bond motifs is 1. The minimum absolute atomic E-state index is 0.506. The molecule has 0 aliphatic rings. The Labute approximate surface area is 168 Å². The predicted octanol–water partition coefficient (Wildman–Crippen LogP) is 5.36. The molecule has 0 aliphatic heterocycles. The van der Waals surface area contributed by atoms with Crippen molar-refractivity contribution in [3.63, 3.8) is 0 Å². The third kappa shape index (κ3) is 3.16. The number of imidazole rings is 1. The van der Waals surface area contributed by atoms with Crippen LogP contribution in [0, 0.1) is 18.6 Å². The molecule has 0 unspecified atom stereocenters. The summed E-state index contributed by atoms with van der Waals surface area (Å²) in [6.45, 7) is 4.19. The molecule has 2 aromatic heterocycles. The standard InChI is InChI=1S/C22H21N3O2S/c1-13-7-14(2)9-16(8-13)17-11-23-22(28)25-12-18(24-21(17)25)15-5-6-19(26-3)20(10-15)27-4/h5-12,24H,1-4H3. The molecule has 0 radical (unpaired) electrons. The number of hydrogen-bond acceptors (Lipinski definition) is 4. The Morgan fingerprint density at radius 3 is 2.32 bits per heavy atom. The van der Waals surface area contributed by atoms with Crippen molar-refractivity contribution < 1.29 is 9.47 Å². The van der Waals surface area contributed by atoms with Crippen LogP contribution >= 0.6 is 12.2 Å². The van der Waals surface area contributed by atoms with Crippen molar-refractivity contribution in [2.45, 2.75) is 13.8 Å². The van der Waals surface area contributed by atoms with Crippen LogP contribution in [0.5, 0.6) is 11.5 Å². The summed E-state index contributed by atoms with van der Waals surface area (Å²) >= 11 is 5.45. The molecule has 1 N–H and O–H groups in total. The third-order valence-electron chi connectivity index (χ3n) is 4.74. The summed E-state index contributed by atoms with van der Waals surface area (Å²) in [6, 6.07) is 12.3. The fourth-order valence-electron chi connectivity index (χ4n) is 3.50. The van der Waals surface area contributed by atoms with Gasteiger partial charge in [-0.3, -0.25) is 4.40 Å². The zero-order valence-electron chi connectivity index (χ0n) is 16.2. The monoisotopic (exact) mass is 391 g/mol. The highest BCUT2D eigenvalue weighted by Gasteiger charge is 2.13. The average molecular weight is 391 g/mol. The summed E-state index contributed by atoms with van der Waals surface area (Å²) in [5.41, 5.74) is 7.34. The Morgan fingerprint density at radius 1 is 0.929 bits per heavy atom. The maximum atomic E-state index is 5.45. The molecule has 0 saturated heterocycles. The van der Waals surface area contributed by atoms with Crippen LogP contribution in [0.15, 0.2) is 48.8 Å². The van der Waals surface area contributed by atoms with Crippen molar-refractivity contribution in [2.24, 2.45) is 0 Å². The van der Waals surface area contributed by atoms with Crippen molar-refractivity contribution in [3.05, 3.63) is 64.7 Å². The molecule has 0 saturated carbocycles. The molecule has 2 aromatic carbocycles. The maximum Gasteiger partial charge on any atom is 0.205 e. The van der Waals surface area contributed by atoms with Crippen LogP contribution in [0.4, 0.5) is 0 Å². The number of benzene rings is 2. The zero-order chi connectivity index (χ0) is 19.8. The van der Waals surface area contributed by atoms with E-state index in [0.29, 0.717) is 16.3 Å². The number of nitrogens with one attached hydrogen (secondary N) is 1. The zero-order valence-corrected chi connectivity index (χ0v) is 17.1. The van der Waals surface area contributed by atoms with E-state index in [1.807, 2.05) is 35.0 Å². The van der Waals surface area contributed by atoms with Crippen LogP contribution in [0.3, 0.4) is 0 Å². The molecule has 5 nitrogen and oxygen atoms in total. The van der Waals surface area contributed by atoms with Gasteiger partial charge in [0.15, 0.2) is 11.5 Å². The number of aromatic amines is 1. The second-order valence-electron chi connectivity index (χ2n) is 6.79. The molecule has 0 amide bonds. The van der Waals surface area contributed by atoms with Gasteiger partial charge >= 0.3 is 0 Å². The molecule has 6 heteroatoms. The number of aryl methyl sites for hydroxylation is 2. The molecule has 4 rings (SSSR count). The molecule has 0 spiro atoms. The van der Waals surface area contributed by atoms with Crippen molar-refractivity contribution in [2.75, 3.05) is 14.2 Å². The molecular weight excluding hydrogens is 370 g/mol. The van der Waals surface area contributed by atoms with E-state index >= 15 is 0 Å². The number of methoxy groups -OCH3 is 2. The van der Waals surface area contributed by atoms with Gasteiger partial charge in [-0.25, -0.2) is 4.98 Å². The van der Waals surface area contributed by atoms with Gasteiger partial charge in [-0.2, -0.15) is 0 Å². The third-order valence-corrected chi connectivity index (χ3v) is 5.05. The first-order valence-corrected chi connectivity index (χ1v) is 9.32. The van der Waals surface area contributed by atoms with Crippen LogP contribution in [-0.4, -0.2) is 28.6 Å². The molecule has 0 bridgehead atoms. The topological polar surface area (TPSA) is 51.5 Å². The largest absolute Gasteiger partial charge is 0.493 e. The Morgan fingerprint density at radius 2 is 1.64 bits per heavy atom. The number of rotatable bonds is 4. The fourth-order valence-corrected chi connectivity index (χ4v) is 3.69. The average Bonchev–Trinajstić information content (AvgIpc) is 3.13. The quantitative estimate of drug-likeness (QED) is 0.476. The van der Waals surface area contributed by atoms with Crippen molar-refractivity contribution in [3.8, 4) is 33.9 Å². The Kier molecular flexibility index (Phi) is 4.65. The Bertz CT molecular complexity index is 1220. The van der Waals surface area contributed by atoms with Crippen LogP contribution in [-0.2, 0) is 0 Å². The second-order valence-corrected chi connectivity index (χ2v) is 7.15. The minimum atomic E-state index is 0.506. The Balaban J connectivity index is 1.92. The van der Waals surface area contributed by atoms with E-state index in [-0.39, 0.29) is 0 Å². The van der Waals surface area contributed by atoms with E-state index in [1.165, 1.54) is 11.1 Å². The molecule has 0 atom stereocenters. The summed E-state index contributed by atoms with van der Waals surface area (Å²) in [7, 11) is 3.26. The molecular formula is C22H21N3O2S. The number of aromatic nitrogens is 3. The lowest BCUT2D eigenvalue weighted by molar-refractivity contribution is 0.355. The highest BCUT2D eigenvalue weighted by molar-refractivity contribution is 7.71. The van der Waals surface area contributed by atoms with Gasteiger partial charge in [0.25, 0.3) is 0 Å². The number of ether oxygens (including phenoxy) is 2. The minimum Gasteiger partial charge on any atom is -0.493 e. The van der Waals surface area contributed by atoms with Crippen LogP contribution in [0.25, 0.3) is 28.0 Å². The summed E-state index contributed by atoms with van der Waals surface area (Å²) in [5.74, 6) is 1.37. The summed E-state index contributed by atoms with van der Waals surface area (Å²) in [4.78, 5) is 7.93. The molecule has 4 aromatic rings. The van der Waals surface area contributed by atoms with Crippen LogP contribution in [0.2, 0.25) is 0 Å². The summed E-state index contributed by atoms with van der Waals surface area (Å²) < 4.78 is 13.2. The van der Waals surface area contributed by atoms with Gasteiger partial charge in [-0.15, -0.1) is 0 Å². The SMILES string of the molecule is COc1ccc(-c2cn3c(=S)ncc(-c4cc(C)cc(C)c4)c3[nH]2)cc1OC. The highest BCUT2D eigenvalue weighted by Crippen LogP contribution is 2.33. The predicted molar refractivity (Wildman–Crippen MR) is 114 cm³/mol. The van der Waals surface area contributed by atoms with Crippen molar-refractivity contribution in [1.82, 2.24) is 14.4 Å². The Hall–Kier alpha value is -3.12. The molecule has 0 aliphatic carbocycles. The first kappa shape index (κ1) is 18.3. The van der Waals surface area contributed by atoms with Gasteiger partial charge < -0.3 is 14.5 Å². The van der Waals surface area contributed by atoms with Gasteiger partial charge in [-0.05, 0) is 49.8 Å². The van der Waals surface area contributed by atoms with E-state index in [9.17, 15) is 0 Å². The molecule has 0 fully saturated rings. The number of nitrogens with zero attached hydrogens (tertiary/aromatic N) is 2. The van der Waals surface area contributed by atoms with Gasteiger partial charge in [-0.1, -0.05) is 29.3 Å². The first-order valence-electron chi connectivity index (χ1n) is 8.91. The van der Waals surface area contributed by atoms with Gasteiger partial charge in [0.2, 0.25) is 4.77 Å². The molecule has 2 heterocycles. The van der Waals surface area contributed by atoms with E-state index in [1.54, 1.807) is 14.2 Å². The van der Waals surface area contributed by atoms with Gasteiger partial charge in [0.05, 0.1) is 19.9 Å². The lowest BCUT2D eigenvalue weighted by Crippen LogP contribution is -1.93. The van der Waals surface area contributed by atoms with Crippen LogP contribution < -0.4 is 9.47 Å². The summed E-state index contributed by atoms with van der Waals surface area (Å²) in [5, 5.41) is 0. The van der Waals surface area contributed by atoms with Crippen LogP contribution in [0.1, 0.15) is 11.1 Å².